The first-order chi connectivity index (χ1) is 9.86. The summed E-state index contributed by atoms with van der Waals surface area (Å²) in [4.78, 5) is 24.8. The molecule has 0 saturated carbocycles. The van der Waals surface area contributed by atoms with Crippen molar-refractivity contribution in [3.8, 4) is 0 Å². The molecule has 0 aliphatic carbocycles. The Morgan fingerprint density at radius 2 is 2.24 bits per heavy atom. The first-order valence-electron chi connectivity index (χ1n) is 7.08. The number of aliphatic carboxylic acids is 1. The van der Waals surface area contributed by atoms with Gasteiger partial charge in [0.15, 0.2) is 0 Å². The number of hydrogen-bond donors (Lipinski definition) is 2. The second-order valence-electron chi connectivity index (χ2n) is 5.94. The predicted molar refractivity (Wildman–Crippen MR) is 76.0 cm³/mol. The second kappa shape index (κ2) is 6.26. The van der Waals surface area contributed by atoms with E-state index in [1.807, 2.05) is 25.7 Å². The molecule has 0 radical (unpaired) electrons. The zero-order valence-electron chi connectivity index (χ0n) is 12.5. The molecule has 1 aliphatic heterocycles. The van der Waals surface area contributed by atoms with Gasteiger partial charge in [0.2, 0.25) is 11.8 Å². The van der Waals surface area contributed by atoms with Crippen LogP contribution in [0.15, 0.2) is 10.6 Å². The molecule has 0 bridgehead atoms. The van der Waals surface area contributed by atoms with Crippen LogP contribution < -0.4 is 5.32 Å². The van der Waals surface area contributed by atoms with Crippen LogP contribution in [-0.2, 0) is 9.59 Å². The van der Waals surface area contributed by atoms with Gasteiger partial charge in [-0.3, -0.25) is 19.8 Å². The maximum Gasteiger partial charge on any atom is 0.308 e. The van der Waals surface area contributed by atoms with Gasteiger partial charge in [-0.1, -0.05) is 25.9 Å². The van der Waals surface area contributed by atoms with Crippen molar-refractivity contribution < 1.29 is 19.2 Å². The molecule has 1 fully saturated rings. The van der Waals surface area contributed by atoms with Crippen LogP contribution in [0.4, 0.5) is 5.88 Å². The summed E-state index contributed by atoms with van der Waals surface area (Å²) in [7, 11) is 0. The number of carboxylic acids is 1. The Labute approximate surface area is 123 Å². The molecule has 7 nitrogen and oxygen atoms in total. The van der Waals surface area contributed by atoms with E-state index < -0.39 is 11.9 Å². The lowest BCUT2D eigenvalue weighted by atomic mass is 9.99. The lowest BCUT2D eigenvalue weighted by molar-refractivity contribution is -0.142. The van der Waals surface area contributed by atoms with Gasteiger partial charge in [0.05, 0.1) is 18.2 Å². The Morgan fingerprint density at radius 3 is 2.76 bits per heavy atom. The maximum atomic E-state index is 11.9. The Morgan fingerprint density at radius 1 is 1.52 bits per heavy atom. The second-order valence-corrected chi connectivity index (χ2v) is 5.94. The highest BCUT2D eigenvalue weighted by molar-refractivity contribution is 5.91. The van der Waals surface area contributed by atoms with Crippen LogP contribution in [0.3, 0.4) is 0 Å². The van der Waals surface area contributed by atoms with Crippen molar-refractivity contribution in [1.29, 1.82) is 0 Å². The fourth-order valence-corrected chi connectivity index (χ4v) is 2.52. The monoisotopic (exact) mass is 295 g/mol. The summed E-state index contributed by atoms with van der Waals surface area (Å²) >= 11 is 0. The summed E-state index contributed by atoms with van der Waals surface area (Å²) in [5.41, 5.74) is 0.783. The van der Waals surface area contributed by atoms with Gasteiger partial charge in [-0.25, -0.2) is 0 Å². The highest BCUT2D eigenvalue weighted by atomic mass is 16.5. The maximum absolute atomic E-state index is 11.9. The lowest BCUT2D eigenvalue weighted by Crippen LogP contribution is -2.32. The quantitative estimate of drug-likeness (QED) is 0.852. The van der Waals surface area contributed by atoms with Crippen LogP contribution in [0.2, 0.25) is 0 Å². The smallest absolute Gasteiger partial charge is 0.308 e. The largest absolute Gasteiger partial charge is 0.481 e. The number of hydrogen-bond acceptors (Lipinski definition) is 5. The number of aromatic nitrogens is 1. The highest BCUT2D eigenvalue weighted by Crippen LogP contribution is 2.23. The third kappa shape index (κ3) is 3.81. The van der Waals surface area contributed by atoms with Crippen LogP contribution in [0.25, 0.3) is 0 Å². The third-order valence-electron chi connectivity index (χ3n) is 3.75. The van der Waals surface area contributed by atoms with E-state index >= 15 is 0 Å². The summed E-state index contributed by atoms with van der Waals surface area (Å²) in [6.45, 7) is 7.03. The van der Waals surface area contributed by atoms with Gasteiger partial charge in [0.25, 0.3) is 0 Å². The van der Waals surface area contributed by atoms with Crippen LogP contribution in [-0.4, -0.2) is 46.7 Å². The predicted octanol–water partition coefficient (Wildman–Crippen LogP) is 1.39. The molecular formula is C14H21N3O4. The number of nitrogens with zero attached hydrogens (tertiary/aromatic N) is 2. The van der Waals surface area contributed by atoms with Crippen molar-refractivity contribution >= 4 is 17.8 Å². The molecular weight excluding hydrogens is 274 g/mol. The lowest BCUT2D eigenvalue weighted by Gasteiger charge is -2.13. The van der Waals surface area contributed by atoms with E-state index in [2.05, 4.69) is 10.5 Å². The molecule has 2 unspecified atom stereocenters. The van der Waals surface area contributed by atoms with Crippen molar-refractivity contribution in [3.63, 3.8) is 0 Å². The average Bonchev–Trinajstić information content (AvgIpc) is 2.96. The molecule has 2 rings (SSSR count). The van der Waals surface area contributed by atoms with Gasteiger partial charge in [-0.2, -0.15) is 0 Å². The van der Waals surface area contributed by atoms with Crippen LogP contribution in [0, 0.1) is 11.8 Å². The Balaban J connectivity index is 1.86. The van der Waals surface area contributed by atoms with Gasteiger partial charge in [-0.05, 0) is 11.8 Å². The van der Waals surface area contributed by atoms with E-state index in [-0.39, 0.29) is 24.3 Å². The molecule has 1 aliphatic rings. The number of carbonyl (C=O) groups is 2. The highest BCUT2D eigenvalue weighted by Gasteiger charge is 2.35. The van der Waals surface area contributed by atoms with Gasteiger partial charge >= 0.3 is 5.97 Å². The summed E-state index contributed by atoms with van der Waals surface area (Å²) in [6.07, 6.45) is 0. The molecule has 116 valence electrons. The number of rotatable bonds is 5. The van der Waals surface area contributed by atoms with E-state index in [1.165, 1.54) is 0 Å². The standard InChI is InChI=1S/C14H21N3O4/c1-8(2)11-4-13(21-16-11)15-12(18)7-17-5-9(3)10(6-17)14(19)20/h4,8-10H,5-7H2,1-3H3,(H,15,18)(H,19,20). The summed E-state index contributed by atoms with van der Waals surface area (Å²) in [5.74, 6) is -0.827. The molecule has 2 heterocycles. The summed E-state index contributed by atoms with van der Waals surface area (Å²) < 4.78 is 5.05. The molecule has 7 heteroatoms. The number of amides is 1. The number of carbonyl (C=O) groups excluding carboxylic acids is 1. The fourth-order valence-electron chi connectivity index (χ4n) is 2.52. The molecule has 21 heavy (non-hydrogen) atoms. The van der Waals surface area contributed by atoms with Gasteiger partial charge < -0.3 is 9.63 Å². The minimum Gasteiger partial charge on any atom is -0.481 e. The van der Waals surface area contributed by atoms with Crippen molar-refractivity contribution in [3.05, 3.63) is 11.8 Å². The Kier molecular flexibility index (Phi) is 4.62. The van der Waals surface area contributed by atoms with Crippen LogP contribution in [0.5, 0.6) is 0 Å². The minimum atomic E-state index is -0.804. The molecule has 1 amide bonds. The normalized spacial score (nSPS) is 22.7. The van der Waals surface area contributed by atoms with Crippen molar-refractivity contribution in [2.24, 2.45) is 11.8 Å². The fraction of sp³-hybridized carbons (Fsp3) is 0.643. The van der Waals surface area contributed by atoms with E-state index in [9.17, 15) is 9.59 Å². The van der Waals surface area contributed by atoms with Gasteiger partial charge in [-0.15, -0.1) is 0 Å². The summed E-state index contributed by atoms with van der Waals surface area (Å²) in [6, 6.07) is 1.70. The number of nitrogens with one attached hydrogen (secondary N) is 1. The Hall–Kier alpha value is -1.89. The van der Waals surface area contributed by atoms with Crippen molar-refractivity contribution in [2.45, 2.75) is 26.7 Å². The molecule has 0 spiro atoms. The van der Waals surface area contributed by atoms with E-state index in [1.54, 1.807) is 6.07 Å². The summed E-state index contributed by atoms with van der Waals surface area (Å²) in [5, 5.41) is 15.6. The number of carboxylic acid groups (broad SMARTS) is 1. The van der Waals surface area contributed by atoms with Crippen LogP contribution >= 0.6 is 0 Å². The first-order valence-corrected chi connectivity index (χ1v) is 7.08. The zero-order chi connectivity index (χ0) is 15.6. The minimum absolute atomic E-state index is 0.0492. The molecule has 0 aromatic carbocycles. The Bertz CT molecular complexity index is 526. The molecule has 2 N–H and O–H groups in total. The molecule has 2 atom stereocenters. The van der Waals surface area contributed by atoms with E-state index in [4.69, 9.17) is 9.63 Å². The van der Waals surface area contributed by atoms with Crippen LogP contribution in [0.1, 0.15) is 32.4 Å². The van der Waals surface area contributed by atoms with Crippen molar-refractivity contribution in [2.75, 3.05) is 25.0 Å². The number of anilines is 1. The SMILES string of the molecule is CC(C)c1cc(NC(=O)CN2CC(C)C(C(=O)O)C2)on1. The first kappa shape index (κ1) is 15.5. The van der Waals surface area contributed by atoms with E-state index in [0.717, 1.165) is 5.69 Å². The van der Waals surface area contributed by atoms with Gasteiger partial charge in [0.1, 0.15) is 0 Å². The molecule has 1 aromatic heterocycles. The molecule has 1 saturated heterocycles. The topological polar surface area (TPSA) is 95.7 Å². The third-order valence-corrected chi connectivity index (χ3v) is 3.75. The number of likely N-dealkylation sites (tertiary alicyclic amines) is 1. The molecule has 1 aromatic rings. The average molecular weight is 295 g/mol. The van der Waals surface area contributed by atoms with E-state index in [0.29, 0.717) is 19.0 Å². The zero-order valence-corrected chi connectivity index (χ0v) is 12.5. The van der Waals surface area contributed by atoms with Gasteiger partial charge in [0, 0.05) is 19.2 Å². The van der Waals surface area contributed by atoms with Crippen molar-refractivity contribution in [1.82, 2.24) is 10.1 Å².